The Morgan fingerprint density at radius 1 is 1.33 bits per heavy atom. The lowest BCUT2D eigenvalue weighted by Gasteiger charge is -2.21. The van der Waals surface area contributed by atoms with Gasteiger partial charge in [-0.05, 0) is 50.9 Å². The van der Waals surface area contributed by atoms with E-state index in [-0.39, 0.29) is 18.0 Å². The van der Waals surface area contributed by atoms with Gasteiger partial charge in [-0.25, -0.2) is 4.79 Å². The molecular formula is C17H29NO3. The SMILES string of the molecule is C=CCCCC(=O)N[C@H](CC(C)C)C(=O)OC1CCCC1. The third-order valence-corrected chi connectivity index (χ3v) is 3.72. The summed E-state index contributed by atoms with van der Waals surface area (Å²) < 4.78 is 5.53. The van der Waals surface area contributed by atoms with Crippen molar-refractivity contribution in [2.75, 3.05) is 0 Å². The number of carbonyl (C=O) groups excluding carboxylic acids is 2. The van der Waals surface area contributed by atoms with Crippen LogP contribution in [0.5, 0.6) is 0 Å². The highest BCUT2D eigenvalue weighted by Gasteiger charge is 2.27. The number of esters is 1. The summed E-state index contributed by atoms with van der Waals surface area (Å²) in [6.07, 6.45) is 8.63. The second-order valence-electron chi connectivity index (χ2n) is 6.27. The average Bonchev–Trinajstić information content (AvgIpc) is 2.90. The van der Waals surface area contributed by atoms with Crippen LogP contribution < -0.4 is 5.32 Å². The Labute approximate surface area is 128 Å². The quantitative estimate of drug-likeness (QED) is 0.403. The number of nitrogens with one attached hydrogen (secondary N) is 1. The van der Waals surface area contributed by atoms with Crippen molar-refractivity contribution in [1.29, 1.82) is 0 Å². The predicted octanol–water partition coefficient (Wildman–Crippen LogP) is 3.36. The monoisotopic (exact) mass is 295 g/mol. The summed E-state index contributed by atoms with van der Waals surface area (Å²) in [5.41, 5.74) is 0. The number of amides is 1. The summed E-state index contributed by atoms with van der Waals surface area (Å²) in [6.45, 7) is 7.72. The summed E-state index contributed by atoms with van der Waals surface area (Å²) >= 11 is 0. The maximum atomic E-state index is 12.2. The molecule has 1 N–H and O–H groups in total. The lowest BCUT2D eigenvalue weighted by molar-refractivity contribution is -0.153. The first-order valence-corrected chi connectivity index (χ1v) is 8.13. The highest BCUT2D eigenvalue weighted by molar-refractivity contribution is 5.84. The minimum atomic E-state index is -0.512. The van der Waals surface area contributed by atoms with Crippen molar-refractivity contribution >= 4 is 11.9 Å². The van der Waals surface area contributed by atoms with Crippen molar-refractivity contribution in [2.24, 2.45) is 5.92 Å². The Balaban J connectivity index is 2.46. The summed E-state index contributed by atoms with van der Waals surface area (Å²) in [5.74, 6) is -0.0156. The molecule has 0 aromatic rings. The van der Waals surface area contributed by atoms with E-state index in [0.717, 1.165) is 38.5 Å². The van der Waals surface area contributed by atoms with Gasteiger partial charge in [0.1, 0.15) is 12.1 Å². The predicted molar refractivity (Wildman–Crippen MR) is 83.8 cm³/mol. The van der Waals surface area contributed by atoms with E-state index in [4.69, 9.17) is 4.74 Å². The zero-order valence-electron chi connectivity index (χ0n) is 13.4. The molecule has 0 spiro atoms. The van der Waals surface area contributed by atoms with Crippen LogP contribution in [0.2, 0.25) is 0 Å². The number of hydrogen-bond acceptors (Lipinski definition) is 3. The fourth-order valence-electron chi connectivity index (χ4n) is 2.61. The number of ether oxygens (including phenoxy) is 1. The van der Waals surface area contributed by atoms with E-state index in [1.54, 1.807) is 6.08 Å². The maximum absolute atomic E-state index is 12.2. The Kier molecular flexibility index (Phi) is 8.09. The van der Waals surface area contributed by atoms with Gasteiger partial charge in [0.25, 0.3) is 0 Å². The fraction of sp³-hybridized carbons (Fsp3) is 0.765. The van der Waals surface area contributed by atoms with Crippen molar-refractivity contribution in [2.45, 2.75) is 77.4 Å². The average molecular weight is 295 g/mol. The van der Waals surface area contributed by atoms with Crippen LogP contribution in [0.25, 0.3) is 0 Å². The van der Waals surface area contributed by atoms with Gasteiger partial charge in [-0.2, -0.15) is 0 Å². The number of allylic oxidation sites excluding steroid dienone is 1. The van der Waals surface area contributed by atoms with Gasteiger partial charge in [-0.15, -0.1) is 6.58 Å². The van der Waals surface area contributed by atoms with Gasteiger partial charge in [0.15, 0.2) is 0 Å². The van der Waals surface area contributed by atoms with Crippen LogP contribution >= 0.6 is 0 Å². The number of rotatable bonds is 9. The van der Waals surface area contributed by atoms with Crippen LogP contribution in [-0.4, -0.2) is 24.0 Å². The standard InChI is InChI=1S/C17H29NO3/c1-4-5-6-11-16(19)18-15(12-13(2)3)17(20)21-14-9-7-8-10-14/h4,13-15H,1,5-12H2,2-3H3,(H,18,19)/t15-/m1/s1. The van der Waals surface area contributed by atoms with Crippen molar-refractivity contribution in [3.63, 3.8) is 0 Å². The minimum absolute atomic E-state index is 0.0461. The molecule has 1 atom stereocenters. The zero-order chi connectivity index (χ0) is 15.7. The van der Waals surface area contributed by atoms with Gasteiger partial charge < -0.3 is 10.1 Å². The third-order valence-electron chi connectivity index (χ3n) is 3.72. The molecule has 0 unspecified atom stereocenters. The lowest BCUT2D eigenvalue weighted by Crippen LogP contribution is -2.43. The molecule has 0 saturated heterocycles. The molecule has 0 aliphatic heterocycles. The second-order valence-corrected chi connectivity index (χ2v) is 6.27. The topological polar surface area (TPSA) is 55.4 Å². The van der Waals surface area contributed by atoms with Crippen LogP contribution in [0.3, 0.4) is 0 Å². The number of hydrogen-bond donors (Lipinski definition) is 1. The molecule has 1 saturated carbocycles. The van der Waals surface area contributed by atoms with E-state index in [2.05, 4.69) is 11.9 Å². The van der Waals surface area contributed by atoms with Crippen molar-refractivity contribution in [3.05, 3.63) is 12.7 Å². The number of carbonyl (C=O) groups is 2. The first kappa shape index (κ1) is 17.7. The van der Waals surface area contributed by atoms with Crippen molar-refractivity contribution in [3.8, 4) is 0 Å². The van der Waals surface area contributed by atoms with Crippen molar-refractivity contribution < 1.29 is 14.3 Å². The summed E-state index contributed by atoms with van der Waals surface area (Å²) in [7, 11) is 0. The van der Waals surface area contributed by atoms with E-state index >= 15 is 0 Å². The molecule has 120 valence electrons. The van der Waals surface area contributed by atoms with E-state index in [9.17, 15) is 9.59 Å². The molecule has 1 aliphatic rings. The highest BCUT2D eigenvalue weighted by Crippen LogP contribution is 2.22. The van der Waals surface area contributed by atoms with Crippen LogP contribution in [0.1, 0.15) is 65.2 Å². The molecule has 21 heavy (non-hydrogen) atoms. The molecule has 0 aromatic heterocycles. The summed E-state index contributed by atoms with van der Waals surface area (Å²) in [4.78, 5) is 24.1. The van der Waals surface area contributed by atoms with Crippen LogP contribution in [0.15, 0.2) is 12.7 Å². The van der Waals surface area contributed by atoms with E-state index < -0.39 is 6.04 Å². The molecule has 0 bridgehead atoms. The molecular weight excluding hydrogens is 266 g/mol. The van der Waals surface area contributed by atoms with Crippen LogP contribution in [0, 0.1) is 5.92 Å². The van der Waals surface area contributed by atoms with E-state index in [1.165, 1.54) is 0 Å². The minimum Gasteiger partial charge on any atom is -0.461 e. The van der Waals surface area contributed by atoms with Gasteiger partial charge in [-0.3, -0.25) is 4.79 Å². The van der Waals surface area contributed by atoms with Gasteiger partial charge in [0.05, 0.1) is 0 Å². The molecule has 0 radical (unpaired) electrons. The smallest absolute Gasteiger partial charge is 0.328 e. The van der Waals surface area contributed by atoms with E-state index in [0.29, 0.717) is 18.8 Å². The highest BCUT2D eigenvalue weighted by atomic mass is 16.5. The molecule has 0 heterocycles. The Hall–Kier alpha value is -1.32. The normalized spacial score (nSPS) is 16.7. The fourth-order valence-corrected chi connectivity index (χ4v) is 2.61. The number of unbranched alkanes of at least 4 members (excludes halogenated alkanes) is 1. The lowest BCUT2D eigenvalue weighted by atomic mass is 10.0. The van der Waals surface area contributed by atoms with Gasteiger partial charge in [0.2, 0.25) is 5.91 Å². The first-order valence-electron chi connectivity index (χ1n) is 8.13. The summed E-state index contributed by atoms with van der Waals surface area (Å²) in [5, 5.41) is 2.83. The van der Waals surface area contributed by atoms with E-state index in [1.807, 2.05) is 13.8 Å². The molecule has 1 fully saturated rings. The second kappa shape index (κ2) is 9.59. The van der Waals surface area contributed by atoms with Crippen LogP contribution in [-0.2, 0) is 14.3 Å². The maximum Gasteiger partial charge on any atom is 0.328 e. The molecule has 1 amide bonds. The summed E-state index contributed by atoms with van der Waals surface area (Å²) in [6, 6.07) is -0.512. The van der Waals surface area contributed by atoms with Crippen LogP contribution in [0.4, 0.5) is 0 Å². The molecule has 0 aromatic carbocycles. The molecule has 4 nitrogen and oxygen atoms in total. The zero-order valence-corrected chi connectivity index (χ0v) is 13.4. The Bertz CT molecular complexity index is 346. The van der Waals surface area contributed by atoms with Crippen molar-refractivity contribution in [1.82, 2.24) is 5.32 Å². The third kappa shape index (κ3) is 7.30. The molecule has 1 rings (SSSR count). The largest absolute Gasteiger partial charge is 0.461 e. The van der Waals surface area contributed by atoms with Gasteiger partial charge >= 0.3 is 5.97 Å². The Morgan fingerprint density at radius 2 is 2.00 bits per heavy atom. The van der Waals surface area contributed by atoms with Gasteiger partial charge in [0, 0.05) is 6.42 Å². The molecule has 1 aliphatic carbocycles. The van der Waals surface area contributed by atoms with Gasteiger partial charge in [-0.1, -0.05) is 19.9 Å². The molecule has 4 heteroatoms. The first-order chi connectivity index (χ1) is 10.0. The Morgan fingerprint density at radius 3 is 2.57 bits per heavy atom.